The number of sulfone groups is 1. The SMILES string of the molecule is NC(CC1CCS(=O)(=O)C1)c1occc1Br. The highest BCUT2D eigenvalue weighted by Crippen LogP contribution is 2.31. The van der Waals surface area contributed by atoms with Crippen LogP contribution in [0.15, 0.2) is 21.2 Å². The Labute approximate surface area is 103 Å². The topological polar surface area (TPSA) is 73.3 Å². The maximum absolute atomic E-state index is 11.3. The summed E-state index contributed by atoms with van der Waals surface area (Å²) in [5, 5.41) is 0. The van der Waals surface area contributed by atoms with E-state index in [0.29, 0.717) is 24.4 Å². The van der Waals surface area contributed by atoms with Crippen LogP contribution < -0.4 is 5.73 Å². The Hall–Kier alpha value is -0.330. The van der Waals surface area contributed by atoms with Crippen LogP contribution in [-0.2, 0) is 9.84 Å². The summed E-state index contributed by atoms with van der Waals surface area (Å²) in [6.07, 6.45) is 2.95. The molecule has 2 atom stereocenters. The molecule has 1 fully saturated rings. The standard InChI is InChI=1S/C10H14BrNO3S/c11-8-1-3-15-10(8)9(12)5-7-2-4-16(13,14)6-7/h1,3,7,9H,2,4-6,12H2. The van der Waals surface area contributed by atoms with E-state index in [1.54, 1.807) is 12.3 Å². The molecule has 2 N–H and O–H groups in total. The Morgan fingerprint density at radius 3 is 2.88 bits per heavy atom. The van der Waals surface area contributed by atoms with E-state index in [0.717, 1.165) is 4.47 Å². The van der Waals surface area contributed by atoms with Crippen LogP contribution in [0.1, 0.15) is 24.6 Å². The van der Waals surface area contributed by atoms with Crippen LogP contribution in [-0.4, -0.2) is 19.9 Å². The summed E-state index contributed by atoms with van der Waals surface area (Å²) in [6.45, 7) is 0. The van der Waals surface area contributed by atoms with Gasteiger partial charge in [-0.25, -0.2) is 8.42 Å². The van der Waals surface area contributed by atoms with Gasteiger partial charge >= 0.3 is 0 Å². The van der Waals surface area contributed by atoms with Gasteiger partial charge in [0.15, 0.2) is 9.84 Å². The lowest BCUT2D eigenvalue weighted by atomic mass is 9.98. The van der Waals surface area contributed by atoms with E-state index in [2.05, 4.69) is 15.9 Å². The van der Waals surface area contributed by atoms with Crippen molar-refractivity contribution >= 4 is 25.8 Å². The molecule has 0 spiro atoms. The predicted molar refractivity (Wildman–Crippen MR) is 64.7 cm³/mol. The fourth-order valence-electron chi connectivity index (χ4n) is 2.09. The zero-order chi connectivity index (χ0) is 11.8. The molecule has 0 aromatic carbocycles. The van der Waals surface area contributed by atoms with E-state index >= 15 is 0 Å². The van der Waals surface area contributed by atoms with Crippen molar-refractivity contribution in [2.75, 3.05) is 11.5 Å². The first kappa shape index (κ1) is 12.1. The fraction of sp³-hybridized carbons (Fsp3) is 0.600. The van der Waals surface area contributed by atoms with Gasteiger partial charge in [0, 0.05) is 0 Å². The minimum absolute atomic E-state index is 0.164. The Kier molecular flexibility index (Phi) is 3.42. The number of furan rings is 1. The molecule has 2 rings (SSSR count). The summed E-state index contributed by atoms with van der Waals surface area (Å²) in [7, 11) is -2.82. The molecule has 1 aliphatic heterocycles. The first-order chi connectivity index (χ1) is 7.48. The Balaban J connectivity index is 1.99. The van der Waals surface area contributed by atoms with Crippen molar-refractivity contribution in [3.8, 4) is 0 Å². The highest BCUT2D eigenvalue weighted by atomic mass is 79.9. The Morgan fingerprint density at radius 1 is 1.62 bits per heavy atom. The van der Waals surface area contributed by atoms with Gasteiger partial charge in [-0.05, 0) is 40.8 Å². The van der Waals surface area contributed by atoms with Gasteiger partial charge in [0.05, 0.1) is 28.3 Å². The second kappa shape index (κ2) is 4.50. The quantitative estimate of drug-likeness (QED) is 0.925. The van der Waals surface area contributed by atoms with Crippen LogP contribution >= 0.6 is 15.9 Å². The van der Waals surface area contributed by atoms with Crippen molar-refractivity contribution in [3.63, 3.8) is 0 Å². The van der Waals surface area contributed by atoms with Gasteiger partial charge in [0.25, 0.3) is 0 Å². The maximum atomic E-state index is 11.3. The summed E-state index contributed by atoms with van der Waals surface area (Å²) in [5.41, 5.74) is 5.99. The van der Waals surface area contributed by atoms with E-state index in [9.17, 15) is 8.42 Å². The van der Waals surface area contributed by atoms with Crippen molar-refractivity contribution in [1.82, 2.24) is 0 Å². The predicted octanol–water partition coefficient (Wildman–Crippen LogP) is 1.87. The van der Waals surface area contributed by atoms with Gasteiger partial charge in [-0.2, -0.15) is 0 Å². The van der Waals surface area contributed by atoms with Gasteiger partial charge in [0.2, 0.25) is 0 Å². The van der Waals surface area contributed by atoms with Crippen molar-refractivity contribution in [2.45, 2.75) is 18.9 Å². The molecule has 4 nitrogen and oxygen atoms in total. The minimum Gasteiger partial charge on any atom is -0.466 e. The zero-order valence-electron chi connectivity index (χ0n) is 8.73. The molecule has 0 bridgehead atoms. The monoisotopic (exact) mass is 307 g/mol. The second-order valence-electron chi connectivity index (χ2n) is 4.24. The van der Waals surface area contributed by atoms with Crippen molar-refractivity contribution in [2.24, 2.45) is 11.7 Å². The first-order valence-corrected chi connectivity index (χ1v) is 7.78. The lowest BCUT2D eigenvalue weighted by Crippen LogP contribution is -2.16. The van der Waals surface area contributed by atoms with E-state index in [4.69, 9.17) is 10.2 Å². The number of nitrogens with two attached hydrogens (primary N) is 1. The molecular weight excluding hydrogens is 294 g/mol. The van der Waals surface area contributed by atoms with Crippen LogP contribution in [0.5, 0.6) is 0 Å². The molecule has 1 saturated heterocycles. The fourth-order valence-corrected chi connectivity index (χ4v) is 4.47. The molecule has 0 saturated carbocycles. The average molecular weight is 308 g/mol. The van der Waals surface area contributed by atoms with Crippen molar-refractivity contribution in [1.29, 1.82) is 0 Å². The van der Waals surface area contributed by atoms with Gasteiger partial charge in [-0.1, -0.05) is 0 Å². The molecule has 1 aromatic rings. The lowest BCUT2D eigenvalue weighted by molar-refractivity contribution is 0.404. The molecule has 0 aliphatic carbocycles. The summed E-state index contributed by atoms with van der Waals surface area (Å²) in [6, 6.07) is 1.56. The highest BCUT2D eigenvalue weighted by Gasteiger charge is 2.30. The molecule has 2 unspecified atom stereocenters. The van der Waals surface area contributed by atoms with Crippen LogP contribution in [0, 0.1) is 5.92 Å². The summed E-state index contributed by atoms with van der Waals surface area (Å²) in [5.74, 6) is 1.42. The molecule has 6 heteroatoms. The normalized spacial score (nSPS) is 25.8. The lowest BCUT2D eigenvalue weighted by Gasteiger charge is -2.13. The maximum Gasteiger partial charge on any atom is 0.150 e. The minimum atomic E-state index is -2.82. The second-order valence-corrected chi connectivity index (χ2v) is 7.33. The Morgan fingerprint density at radius 2 is 2.38 bits per heavy atom. The third kappa shape index (κ3) is 2.67. The van der Waals surface area contributed by atoms with Gasteiger partial charge in [-0.15, -0.1) is 0 Å². The summed E-state index contributed by atoms with van der Waals surface area (Å²) in [4.78, 5) is 0. The third-order valence-corrected chi connectivity index (χ3v) is 5.39. The van der Waals surface area contributed by atoms with Gasteiger partial charge < -0.3 is 10.2 Å². The van der Waals surface area contributed by atoms with Crippen LogP contribution in [0.2, 0.25) is 0 Å². The zero-order valence-corrected chi connectivity index (χ0v) is 11.1. The molecule has 1 aromatic heterocycles. The number of hydrogen-bond acceptors (Lipinski definition) is 4. The van der Waals surface area contributed by atoms with Crippen molar-refractivity contribution < 1.29 is 12.8 Å². The third-order valence-electron chi connectivity index (χ3n) is 2.90. The molecule has 0 radical (unpaired) electrons. The summed E-state index contributed by atoms with van der Waals surface area (Å²) < 4.78 is 28.7. The molecular formula is C10H14BrNO3S. The van der Waals surface area contributed by atoms with Crippen LogP contribution in [0.3, 0.4) is 0 Å². The van der Waals surface area contributed by atoms with E-state index in [1.807, 2.05) is 0 Å². The Bertz CT molecular complexity index is 468. The van der Waals surface area contributed by atoms with Crippen molar-refractivity contribution in [3.05, 3.63) is 22.6 Å². The van der Waals surface area contributed by atoms with E-state index in [1.165, 1.54) is 0 Å². The van der Waals surface area contributed by atoms with Gasteiger partial charge in [-0.3, -0.25) is 0 Å². The molecule has 2 heterocycles. The first-order valence-electron chi connectivity index (χ1n) is 5.17. The smallest absolute Gasteiger partial charge is 0.150 e. The highest BCUT2D eigenvalue weighted by molar-refractivity contribution is 9.10. The van der Waals surface area contributed by atoms with Crippen LogP contribution in [0.25, 0.3) is 0 Å². The average Bonchev–Trinajstić information content (AvgIpc) is 2.72. The molecule has 1 aliphatic rings. The molecule has 0 amide bonds. The molecule has 90 valence electrons. The van der Waals surface area contributed by atoms with E-state index < -0.39 is 9.84 Å². The van der Waals surface area contributed by atoms with Crippen LogP contribution in [0.4, 0.5) is 0 Å². The number of hydrogen-bond donors (Lipinski definition) is 1. The van der Waals surface area contributed by atoms with Gasteiger partial charge in [0.1, 0.15) is 5.76 Å². The molecule has 16 heavy (non-hydrogen) atoms. The number of halogens is 1. The van der Waals surface area contributed by atoms with E-state index in [-0.39, 0.29) is 17.7 Å². The summed E-state index contributed by atoms with van der Waals surface area (Å²) >= 11 is 3.35. The number of rotatable bonds is 3. The largest absolute Gasteiger partial charge is 0.466 e.